The van der Waals surface area contributed by atoms with Crippen LogP contribution in [0.15, 0.2) is 46.9 Å². The summed E-state index contributed by atoms with van der Waals surface area (Å²) in [5.74, 6) is 0.876. The number of halogens is 2. The number of rotatable bonds is 5. The maximum atomic E-state index is 6.09. The lowest BCUT2D eigenvalue weighted by Crippen LogP contribution is -2.18. The van der Waals surface area contributed by atoms with Gasteiger partial charge in [-0.25, -0.2) is 0 Å². The Labute approximate surface area is 133 Å². The molecule has 0 aromatic heterocycles. The largest absolute Gasteiger partial charge is 0.497 e. The summed E-state index contributed by atoms with van der Waals surface area (Å²) in [7, 11) is 1.67. The number of methoxy groups -OCH3 is 1. The molecular weight excluding hydrogens is 338 g/mol. The van der Waals surface area contributed by atoms with Crippen LogP contribution in [0.25, 0.3) is 0 Å². The topological polar surface area (TPSA) is 21.3 Å². The summed E-state index contributed by atoms with van der Waals surface area (Å²) in [6, 6.07) is 14.4. The van der Waals surface area contributed by atoms with Crippen molar-refractivity contribution >= 4 is 27.5 Å². The highest BCUT2D eigenvalue weighted by Gasteiger charge is 2.06. The normalized spacial score (nSPS) is 12.2. The van der Waals surface area contributed by atoms with Gasteiger partial charge in [0.1, 0.15) is 5.75 Å². The molecule has 0 unspecified atom stereocenters. The second-order valence-electron chi connectivity index (χ2n) is 4.62. The average Bonchev–Trinajstić information content (AvgIpc) is 2.48. The van der Waals surface area contributed by atoms with E-state index in [2.05, 4.69) is 46.4 Å². The number of benzene rings is 2. The second-order valence-corrected chi connectivity index (χ2v) is 5.89. The van der Waals surface area contributed by atoms with E-state index in [0.29, 0.717) is 0 Å². The van der Waals surface area contributed by atoms with Gasteiger partial charge in [0.05, 0.1) is 12.1 Å². The molecule has 20 heavy (non-hydrogen) atoms. The lowest BCUT2D eigenvalue weighted by Gasteiger charge is -2.15. The lowest BCUT2D eigenvalue weighted by molar-refractivity contribution is 0.414. The molecule has 2 aromatic rings. The third-order valence-corrected chi connectivity index (χ3v) is 4.44. The molecule has 0 fully saturated rings. The average molecular weight is 355 g/mol. The van der Waals surface area contributed by atoms with Crippen molar-refractivity contribution in [2.75, 3.05) is 7.11 Å². The van der Waals surface area contributed by atoms with Crippen LogP contribution in [0, 0.1) is 0 Å². The van der Waals surface area contributed by atoms with Gasteiger partial charge < -0.3 is 10.1 Å². The van der Waals surface area contributed by atoms with Crippen LogP contribution in [-0.2, 0) is 6.54 Å². The predicted molar refractivity (Wildman–Crippen MR) is 87.4 cm³/mol. The fourth-order valence-electron chi connectivity index (χ4n) is 1.93. The predicted octanol–water partition coefficient (Wildman–Crippen LogP) is 4.96. The van der Waals surface area contributed by atoms with Gasteiger partial charge in [-0.1, -0.05) is 29.8 Å². The van der Waals surface area contributed by atoms with E-state index in [0.717, 1.165) is 21.8 Å². The third kappa shape index (κ3) is 3.98. The third-order valence-electron chi connectivity index (χ3n) is 3.21. The first-order chi connectivity index (χ1) is 9.60. The van der Waals surface area contributed by atoms with E-state index in [1.807, 2.05) is 24.3 Å². The van der Waals surface area contributed by atoms with E-state index in [1.165, 1.54) is 11.1 Å². The Balaban J connectivity index is 1.96. The van der Waals surface area contributed by atoms with E-state index >= 15 is 0 Å². The van der Waals surface area contributed by atoms with E-state index in [9.17, 15) is 0 Å². The van der Waals surface area contributed by atoms with Gasteiger partial charge in [-0.05, 0) is 58.2 Å². The summed E-state index contributed by atoms with van der Waals surface area (Å²) >= 11 is 9.49. The Hall–Kier alpha value is -1.03. The van der Waals surface area contributed by atoms with Crippen molar-refractivity contribution in [1.82, 2.24) is 5.32 Å². The lowest BCUT2D eigenvalue weighted by atomic mass is 10.1. The van der Waals surface area contributed by atoms with Gasteiger partial charge in [-0.3, -0.25) is 0 Å². The first-order valence-corrected chi connectivity index (χ1v) is 7.58. The summed E-state index contributed by atoms with van der Waals surface area (Å²) in [5.41, 5.74) is 2.40. The molecule has 0 amide bonds. The highest BCUT2D eigenvalue weighted by molar-refractivity contribution is 9.10. The van der Waals surface area contributed by atoms with Crippen molar-refractivity contribution in [3.63, 3.8) is 0 Å². The van der Waals surface area contributed by atoms with E-state index in [-0.39, 0.29) is 6.04 Å². The number of hydrogen-bond donors (Lipinski definition) is 1. The standard InChI is InChI=1S/C16H17BrClNO/c1-11(13-4-6-14(20-2)7-5-13)19-10-12-3-8-15(17)16(18)9-12/h3-9,11,19H,10H2,1-2H3/t11-/m0/s1. The smallest absolute Gasteiger partial charge is 0.118 e. The molecule has 0 saturated carbocycles. The molecule has 0 aliphatic rings. The van der Waals surface area contributed by atoms with Crippen molar-refractivity contribution in [3.8, 4) is 5.75 Å². The zero-order valence-corrected chi connectivity index (χ0v) is 13.8. The summed E-state index contributed by atoms with van der Waals surface area (Å²) in [5, 5.41) is 4.22. The Morgan fingerprint density at radius 3 is 2.50 bits per heavy atom. The monoisotopic (exact) mass is 353 g/mol. The molecule has 106 valence electrons. The first kappa shape index (κ1) is 15.4. The Morgan fingerprint density at radius 2 is 1.90 bits per heavy atom. The van der Waals surface area contributed by atoms with Crippen LogP contribution in [-0.4, -0.2) is 7.11 Å². The first-order valence-electron chi connectivity index (χ1n) is 6.41. The molecule has 0 saturated heterocycles. The van der Waals surface area contributed by atoms with Crippen molar-refractivity contribution in [3.05, 3.63) is 63.1 Å². The second kappa shape index (κ2) is 7.11. The van der Waals surface area contributed by atoms with Crippen LogP contribution >= 0.6 is 27.5 Å². The van der Waals surface area contributed by atoms with Crippen LogP contribution in [0.4, 0.5) is 0 Å². The molecule has 2 nitrogen and oxygen atoms in total. The van der Waals surface area contributed by atoms with Crippen molar-refractivity contribution < 1.29 is 4.74 Å². The Morgan fingerprint density at radius 1 is 1.20 bits per heavy atom. The van der Waals surface area contributed by atoms with Crippen LogP contribution < -0.4 is 10.1 Å². The molecule has 1 atom stereocenters. The summed E-state index contributed by atoms with van der Waals surface area (Å²) in [6.45, 7) is 2.92. The van der Waals surface area contributed by atoms with Crippen molar-refractivity contribution in [2.45, 2.75) is 19.5 Å². The molecule has 2 rings (SSSR count). The van der Waals surface area contributed by atoms with Crippen LogP contribution in [0.2, 0.25) is 5.02 Å². The number of nitrogens with one attached hydrogen (secondary N) is 1. The molecule has 0 spiro atoms. The maximum Gasteiger partial charge on any atom is 0.118 e. The molecule has 0 aliphatic carbocycles. The van der Waals surface area contributed by atoms with Gasteiger partial charge >= 0.3 is 0 Å². The van der Waals surface area contributed by atoms with Crippen LogP contribution in [0.3, 0.4) is 0 Å². The molecule has 0 aliphatic heterocycles. The quantitative estimate of drug-likeness (QED) is 0.819. The Bertz CT molecular complexity index is 571. The van der Waals surface area contributed by atoms with Crippen molar-refractivity contribution in [1.29, 1.82) is 0 Å². The molecule has 1 N–H and O–H groups in total. The summed E-state index contributed by atoms with van der Waals surface area (Å²) in [6.07, 6.45) is 0. The zero-order chi connectivity index (χ0) is 14.5. The van der Waals surface area contributed by atoms with Gasteiger partial charge in [0.25, 0.3) is 0 Å². The van der Waals surface area contributed by atoms with Crippen molar-refractivity contribution in [2.24, 2.45) is 0 Å². The fraction of sp³-hybridized carbons (Fsp3) is 0.250. The minimum atomic E-state index is 0.267. The van der Waals surface area contributed by atoms with Gasteiger partial charge in [-0.15, -0.1) is 0 Å². The molecular formula is C16H17BrClNO. The highest BCUT2D eigenvalue weighted by Crippen LogP contribution is 2.23. The number of hydrogen-bond acceptors (Lipinski definition) is 2. The highest BCUT2D eigenvalue weighted by atomic mass is 79.9. The van der Waals surface area contributed by atoms with E-state index < -0.39 is 0 Å². The maximum absolute atomic E-state index is 6.09. The van der Waals surface area contributed by atoms with Gasteiger partial charge in [0.2, 0.25) is 0 Å². The summed E-state index contributed by atoms with van der Waals surface area (Å²) < 4.78 is 6.09. The minimum Gasteiger partial charge on any atom is -0.497 e. The van der Waals surface area contributed by atoms with E-state index in [1.54, 1.807) is 7.11 Å². The van der Waals surface area contributed by atoms with Gasteiger partial charge in [-0.2, -0.15) is 0 Å². The molecule has 2 aromatic carbocycles. The zero-order valence-electron chi connectivity index (χ0n) is 11.5. The van der Waals surface area contributed by atoms with Crippen LogP contribution in [0.1, 0.15) is 24.1 Å². The SMILES string of the molecule is COc1ccc([C@H](C)NCc2ccc(Br)c(Cl)c2)cc1. The fourth-order valence-corrected chi connectivity index (χ4v) is 2.38. The molecule has 0 radical (unpaired) electrons. The summed E-state index contributed by atoms with van der Waals surface area (Å²) in [4.78, 5) is 0. The van der Waals surface area contributed by atoms with Gasteiger partial charge in [0, 0.05) is 17.1 Å². The molecule has 4 heteroatoms. The van der Waals surface area contributed by atoms with E-state index in [4.69, 9.17) is 16.3 Å². The number of ether oxygens (including phenoxy) is 1. The molecule has 0 bridgehead atoms. The van der Waals surface area contributed by atoms with Crippen LogP contribution in [0.5, 0.6) is 5.75 Å². The Kier molecular flexibility index (Phi) is 5.46. The molecule has 0 heterocycles. The minimum absolute atomic E-state index is 0.267. The van der Waals surface area contributed by atoms with Gasteiger partial charge in [0.15, 0.2) is 0 Å².